The van der Waals surface area contributed by atoms with Gasteiger partial charge in [0.1, 0.15) is 5.82 Å². The molecule has 0 fully saturated rings. The number of hydrogen-bond acceptors (Lipinski definition) is 3. The number of carbonyl (C=O) groups is 1. The number of benzene rings is 1. The van der Waals surface area contributed by atoms with Gasteiger partial charge in [0, 0.05) is 6.54 Å². The molecule has 0 aliphatic carbocycles. The van der Waals surface area contributed by atoms with Crippen LogP contribution < -0.4 is 4.31 Å². The lowest BCUT2D eigenvalue weighted by molar-refractivity contribution is 0.0697. The molecular weight excluding hydrogens is 261 g/mol. The van der Waals surface area contributed by atoms with Gasteiger partial charge in [-0.15, -0.1) is 0 Å². The molecule has 1 aromatic rings. The molecule has 0 bridgehead atoms. The van der Waals surface area contributed by atoms with E-state index in [1.54, 1.807) is 6.92 Å². The number of carboxylic acids is 1. The van der Waals surface area contributed by atoms with Crippen molar-refractivity contribution in [1.82, 2.24) is 0 Å². The lowest BCUT2D eigenvalue weighted by Gasteiger charge is -2.23. The Morgan fingerprint density at radius 2 is 2.00 bits per heavy atom. The first-order chi connectivity index (χ1) is 8.33. The van der Waals surface area contributed by atoms with Gasteiger partial charge in [0.05, 0.1) is 17.0 Å². The van der Waals surface area contributed by atoms with Gasteiger partial charge in [-0.25, -0.2) is 17.6 Å². The van der Waals surface area contributed by atoms with Crippen LogP contribution in [0.4, 0.5) is 10.1 Å². The summed E-state index contributed by atoms with van der Waals surface area (Å²) < 4.78 is 37.7. The van der Waals surface area contributed by atoms with Gasteiger partial charge in [0.2, 0.25) is 10.0 Å². The van der Waals surface area contributed by atoms with Crippen molar-refractivity contribution >= 4 is 21.7 Å². The van der Waals surface area contributed by atoms with Crippen LogP contribution in [0.25, 0.3) is 0 Å². The summed E-state index contributed by atoms with van der Waals surface area (Å²) in [7, 11) is -3.58. The minimum absolute atomic E-state index is 0.0201. The summed E-state index contributed by atoms with van der Waals surface area (Å²) in [6, 6.07) is 3.01. The summed E-state index contributed by atoms with van der Waals surface area (Å²) in [6.45, 7) is 3.13. The Hall–Kier alpha value is -1.63. The third-order valence-electron chi connectivity index (χ3n) is 2.45. The number of rotatable bonds is 5. The van der Waals surface area contributed by atoms with E-state index in [0.29, 0.717) is 0 Å². The molecule has 0 amide bonds. The van der Waals surface area contributed by atoms with Gasteiger partial charge in [0.15, 0.2) is 0 Å². The van der Waals surface area contributed by atoms with Crippen molar-refractivity contribution in [2.45, 2.75) is 13.8 Å². The van der Waals surface area contributed by atoms with E-state index in [4.69, 9.17) is 5.11 Å². The van der Waals surface area contributed by atoms with Crippen LogP contribution in [-0.4, -0.2) is 31.8 Å². The molecule has 7 heteroatoms. The minimum Gasteiger partial charge on any atom is -0.478 e. The molecule has 0 spiro atoms. The Bertz CT molecular complexity index is 556. The van der Waals surface area contributed by atoms with Crippen LogP contribution in [0.1, 0.15) is 24.2 Å². The molecule has 0 aliphatic heterocycles. The van der Waals surface area contributed by atoms with Crippen molar-refractivity contribution in [3.8, 4) is 0 Å². The zero-order chi connectivity index (χ0) is 13.9. The summed E-state index contributed by atoms with van der Waals surface area (Å²) in [4.78, 5) is 11.0. The molecule has 0 saturated heterocycles. The zero-order valence-corrected chi connectivity index (χ0v) is 10.9. The monoisotopic (exact) mass is 275 g/mol. The fourth-order valence-corrected chi connectivity index (χ4v) is 2.73. The van der Waals surface area contributed by atoms with E-state index in [2.05, 4.69) is 0 Å². The number of sulfonamides is 1. The standard InChI is InChI=1S/C11H14FNO4S/c1-3-13(18(16,17)4-2)10-6-5-8(12)7-9(10)11(14)15/h5-7H,3-4H2,1-2H3,(H,14,15). The molecule has 0 aromatic heterocycles. The molecule has 0 aliphatic rings. The fraction of sp³-hybridized carbons (Fsp3) is 0.364. The molecule has 18 heavy (non-hydrogen) atoms. The maximum Gasteiger partial charge on any atom is 0.337 e. The van der Waals surface area contributed by atoms with E-state index in [0.717, 1.165) is 22.5 Å². The van der Waals surface area contributed by atoms with Gasteiger partial charge in [-0.3, -0.25) is 4.31 Å². The average molecular weight is 275 g/mol. The van der Waals surface area contributed by atoms with Crippen molar-refractivity contribution in [2.24, 2.45) is 0 Å². The Morgan fingerprint density at radius 1 is 1.39 bits per heavy atom. The molecule has 1 rings (SSSR count). The van der Waals surface area contributed by atoms with E-state index < -0.39 is 21.8 Å². The van der Waals surface area contributed by atoms with Gasteiger partial charge < -0.3 is 5.11 Å². The maximum absolute atomic E-state index is 13.0. The van der Waals surface area contributed by atoms with E-state index >= 15 is 0 Å². The minimum atomic E-state index is -3.58. The largest absolute Gasteiger partial charge is 0.478 e. The predicted molar refractivity (Wildman–Crippen MR) is 65.8 cm³/mol. The molecule has 0 radical (unpaired) electrons. The highest BCUT2D eigenvalue weighted by atomic mass is 32.2. The van der Waals surface area contributed by atoms with Crippen LogP contribution in [0.5, 0.6) is 0 Å². The van der Waals surface area contributed by atoms with E-state index in [1.807, 2.05) is 0 Å². The molecule has 1 aromatic carbocycles. The molecule has 100 valence electrons. The first-order valence-corrected chi connectivity index (χ1v) is 6.97. The highest BCUT2D eigenvalue weighted by Crippen LogP contribution is 2.24. The van der Waals surface area contributed by atoms with Crippen LogP contribution in [0.2, 0.25) is 0 Å². The average Bonchev–Trinajstić information content (AvgIpc) is 2.31. The SMILES string of the molecule is CCN(c1ccc(F)cc1C(=O)O)S(=O)(=O)CC. The Morgan fingerprint density at radius 3 is 2.44 bits per heavy atom. The number of hydrogen-bond donors (Lipinski definition) is 1. The predicted octanol–water partition coefficient (Wildman–Crippen LogP) is 1.70. The van der Waals surface area contributed by atoms with Crippen LogP contribution >= 0.6 is 0 Å². The van der Waals surface area contributed by atoms with E-state index in [-0.39, 0.29) is 23.5 Å². The third-order valence-corrected chi connectivity index (χ3v) is 4.30. The normalized spacial score (nSPS) is 11.3. The van der Waals surface area contributed by atoms with Gasteiger partial charge >= 0.3 is 5.97 Å². The molecule has 0 unspecified atom stereocenters. The topological polar surface area (TPSA) is 74.7 Å². The van der Waals surface area contributed by atoms with Crippen molar-refractivity contribution in [2.75, 3.05) is 16.6 Å². The Labute approximate surface area is 105 Å². The van der Waals surface area contributed by atoms with Crippen molar-refractivity contribution < 1.29 is 22.7 Å². The molecule has 0 heterocycles. The fourth-order valence-electron chi connectivity index (χ4n) is 1.57. The lowest BCUT2D eigenvalue weighted by Crippen LogP contribution is -2.33. The zero-order valence-electron chi connectivity index (χ0n) is 10.1. The number of nitrogens with zero attached hydrogens (tertiary/aromatic N) is 1. The van der Waals surface area contributed by atoms with Crippen molar-refractivity contribution in [3.05, 3.63) is 29.6 Å². The second kappa shape index (κ2) is 5.34. The first kappa shape index (κ1) is 14.4. The highest BCUT2D eigenvalue weighted by molar-refractivity contribution is 7.92. The van der Waals surface area contributed by atoms with Crippen LogP contribution in [0, 0.1) is 5.82 Å². The summed E-state index contributed by atoms with van der Waals surface area (Å²) in [5.74, 6) is -2.24. The number of aromatic carboxylic acids is 1. The van der Waals surface area contributed by atoms with Gasteiger partial charge in [0.25, 0.3) is 0 Å². The molecule has 1 N–H and O–H groups in total. The Kier molecular flexibility index (Phi) is 4.28. The molecule has 0 atom stereocenters. The number of halogens is 1. The second-order valence-corrected chi connectivity index (χ2v) is 5.71. The van der Waals surface area contributed by atoms with E-state index in [9.17, 15) is 17.6 Å². The van der Waals surface area contributed by atoms with Gasteiger partial charge in [-0.05, 0) is 32.0 Å². The summed E-state index contributed by atoms with van der Waals surface area (Å²) in [6.07, 6.45) is 0. The van der Waals surface area contributed by atoms with Crippen LogP contribution in [0.15, 0.2) is 18.2 Å². The number of carboxylic acid groups (broad SMARTS) is 1. The molecular formula is C11H14FNO4S. The van der Waals surface area contributed by atoms with Gasteiger partial charge in [-0.2, -0.15) is 0 Å². The molecule has 5 nitrogen and oxygen atoms in total. The smallest absolute Gasteiger partial charge is 0.337 e. The van der Waals surface area contributed by atoms with Crippen molar-refractivity contribution in [3.63, 3.8) is 0 Å². The summed E-state index contributed by atoms with van der Waals surface area (Å²) >= 11 is 0. The van der Waals surface area contributed by atoms with Crippen LogP contribution in [-0.2, 0) is 10.0 Å². The van der Waals surface area contributed by atoms with Gasteiger partial charge in [-0.1, -0.05) is 0 Å². The Balaban J connectivity index is 3.44. The second-order valence-electron chi connectivity index (χ2n) is 3.53. The molecule has 0 saturated carbocycles. The van der Waals surface area contributed by atoms with E-state index in [1.165, 1.54) is 6.92 Å². The summed E-state index contributed by atoms with van der Waals surface area (Å²) in [5, 5.41) is 8.98. The third kappa shape index (κ3) is 2.79. The first-order valence-electron chi connectivity index (χ1n) is 5.36. The maximum atomic E-state index is 13.0. The van der Waals surface area contributed by atoms with Crippen molar-refractivity contribution in [1.29, 1.82) is 0 Å². The highest BCUT2D eigenvalue weighted by Gasteiger charge is 2.24. The lowest BCUT2D eigenvalue weighted by atomic mass is 10.1. The van der Waals surface area contributed by atoms with Crippen LogP contribution in [0.3, 0.4) is 0 Å². The summed E-state index contributed by atoms with van der Waals surface area (Å²) in [5.41, 5.74) is -0.387. The quantitative estimate of drug-likeness (QED) is 0.887. The number of anilines is 1.